The van der Waals surface area contributed by atoms with Crippen molar-refractivity contribution in [3.63, 3.8) is 0 Å². The quantitative estimate of drug-likeness (QED) is 0.505. The van der Waals surface area contributed by atoms with Crippen molar-refractivity contribution in [3.05, 3.63) is 77.5 Å². The van der Waals surface area contributed by atoms with Gasteiger partial charge in [-0.1, -0.05) is 60.7 Å². The molecule has 0 heterocycles. The lowest BCUT2D eigenvalue weighted by molar-refractivity contribution is -0.144. The standard InChI is InChI=1S/C12H15NO3.C12H13NO3/c2*1-9(14)13-11(12(15)16-2)8-10-6-4-3-5-7-10/h3-7,11H,8H2,1-2H3,(H,13,14);3-8H,1-2H3,(H,13,14)/b;11-8-/t11-;/m1./s1. The highest BCUT2D eigenvalue weighted by atomic mass is 16.5. The minimum Gasteiger partial charge on any atom is -0.467 e. The van der Waals surface area contributed by atoms with E-state index in [1.807, 2.05) is 60.7 Å². The number of hydrogen-bond acceptors (Lipinski definition) is 6. The summed E-state index contributed by atoms with van der Waals surface area (Å²) in [7, 11) is 2.57. The minimum atomic E-state index is -0.620. The fourth-order valence-corrected chi connectivity index (χ4v) is 2.59. The Labute approximate surface area is 187 Å². The van der Waals surface area contributed by atoms with E-state index in [0.717, 1.165) is 11.1 Å². The zero-order valence-corrected chi connectivity index (χ0v) is 18.6. The summed E-state index contributed by atoms with van der Waals surface area (Å²) < 4.78 is 9.20. The molecule has 2 aromatic rings. The summed E-state index contributed by atoms with van der Waals surface area (Å²) in [6.07, 6.45) is 2.00. The van der Waals surface area contributed by atoms with Gasteiger partial charge >= 0.3 is 11.9 Å². The van der Waals surface area contributed by atoms with E-state index in [1.165, 1.54) is 28.1 Å². The number of carbonyl (C=O) groups is 4. The monoisotopic (exact) mass is 440 g/mol. The van der Waals surface area contributed by atoms with Crippen molar-refractivity contribution >= 4 is 29.8 Å². The lowest BCUT2D eigenvalue weighted by atomic mass is 10.1. The summed E-state index contributed by atoms with van der Waals surface area (Å²) in [5, 5.41) is 4.99. The first kappa shape index (κ1) is 26.1. The van der Waals surface area contributed by atoms with Crippen LogP contribution in [0.5, 0.6) is 0 Å². The first-order valence-corrected chi connectivity index (χ1v) is 9.78. The number of nitrogens with one attached hydrogen (secondary N) is 2. The van der Waals surface area contributed by atoms with Crippen molar-refractivity contribution in [2.75, 3.05) is 14.2 Å². The molecule has 0 aliphatic rings. The maximum absolute atomic E-state index is 11.4. The molecule has 2 aromatic carbocycles. The third kappa shape index (κ3) is 10.2. The Morgan fingerprint density at radius 3 is 1.88 bits per heavy atom. The second-order valence-electron chi connectivity index (χ2n) is 6.61. The summed E-state index contributed by atoms with van der Waals surface area (Å²) in [6, 6.07) is 18.1. The lowest BCUT2D eigenvalue weighted by Crippen LogP contribution is -2.41. The molecule has 0 aliphatic heterocycles. The Morgan fingerprint density at radius 1 is 0.844 bits per heavy atom. The Kier molecular flexibility index (Phi) is 11.5. The number of benzene rings is 2. The summed E-state index contributed by atoms with van der Waals surface area (Å²) in [4.78, 5) is 44.6. The molecule has 0 bridgehead atoms. The summed E-state index contributed by atoms with van der Waals surface area (Å²) >= 11 is 0. The number of methoxy groups -OCH3 is 2. The van der Waals surface area contributed by atoms with Gasteiger partial charge in [-0.3, -0.25) is 9.59 Å². The van der Waals surface area contributed by atoms with Crippen LogP contribution in [-0.2, 0) is 35.1 Å². The predicted octanol–water partition coefficient (Wildman–Crippen LogP) is 2.24. The Bertz CT molecular complexity index is 926. The molecule has 32 heavy (non-hydrogen) atoms. The molecule has 2 rings (SSSR count). The van der Waals surface area contributed by atoms with Gasteiger partial charge in [0.25, 0.3) is 0 Å². The van der Waals surface area contributed by atoms with Crippen LogP contribution in [0, 0.1) is 0 Å². The van der Waals surface area contributed by atoms with Gasteiger partial charge in [-0.25, -0.2) is 9.59 Å². The molecule has 0 aliphatic carbocycles. The van der Waals surface area contributed by atoms with Crippen molar-refractivity contribution in [1.29, 1.82) is 0 Å². The molecule has 0 radical (unpaired) electrons. The fraction of sp³-hybridized carbons (Fsp3) is 0.250. The van der Waals surface area contributed by atoms with Crippen molar-refractivity contribution in [2.45, 2.75) is 26.3 Å². The lowest BCUT2D eigenvalue weighted by Gasteiger charge is -2.15. The van der Waals surface area contributed by atoms with Crippen LogP contribution in [0.2, 0.25) is 0 Å². The zero-order chi connectivity index (χ0) is 23.9. The van der Waals surface area contributed by atoms with Crippen molar-refractivity contribution in [1.82, 2.24) is 10.6 Å². The van der Waals surface area contributed by atoms with Gasteiger partial charge in [0.05, 0.1) is 14.2 Å². The molecule has 2 N–H and O–H groups in total. The molecule has 2 amide bonds. The molecule has 0 unspecified atom stereocenters. The van der Waals surface area contributed by atoms with Crippen LogP contribution in [0.25, 0.3) is 6.08 Å². The molecular weight excluding hydrogens is 412 g/mol. The van der Waals surface area contributed by atoms with Crippen molar-refractivity contribution in [2.24, 2.45) is 0 Å². The van der Waals surface area contributed by atoms with E-state index in [-0.39, 0.29) is 17.5 Å². The minimum absolute atomic E-state index is 0.126. The highest BCUT2D eigenvalue weighted by Crippen LogP contribution is 2.06. The largest absolute Gasteiger partial charge is 0.467 e. The first-order valence-electron chi connectivity index (χ1n) is 9.78. The van der Waals surface area contributed by atoms with Gasteiger partial charge in [-0.15, -0.1) is 0 Å². The van der Waals surface area contributed by atoms with Crippen molar-refractivity contribution < 1.29 is 28.7 Å². The molecule has 8 nitrogen and oxygen atoms in total. The normalized spacial score (nSPS) is 11.2. The van der Waals surface area contributed by atoms with Gasteiger partial charge in [0, 0.05) is 20.3 Å². The number of rotatable bonds is 7. The molecule has 1 atom stereocenters. The number of hydrogen-bond donors (Lipinski definition) is 2. The maximum atomic E-state index is 11.4. The third-order valence-electron chi connectivity index (χ3n) is 3.97. The molecule has 0 fully saturated rings. The highest BCUT2D eigenvalue weighted by molar-refractivity contribution is 5.97. The topological polar surface area (TPSA) is 111 Å². The average Bonchev–Trinajstić information content (AvgIpc) is 2.78. The van der Waals surface area contributed by atoms with Crippen LogP contribution in [0.4, 0.5) is 0 Å². The molecule has 0 spiro atoms. The molecule has 170 valence electrons. The van der Waals surface area contributed by atoms with Gasteiger partial charge in [-0.05, 0) is 17.2 Å². The number of carbonyl (C=O) groups excluding carboxylic acids is 4. The van der Waals surface area contributed by atoms with Crippen molar-refractivity contribution in [3.8, 4) is 0 Å². The van der Waals surface area contributed by atoms with Crippen LogP contribution < -0.4 is 10.6 Å². The predicted molar refractivity (Wildman–Crippen MR) is 120 cm³/mol. The van der Waals surface area contributed by atoms with Crippen LogP contribution in [0.3, 0.4) is 0 Å². The zero-order valence-electron chi connectivity index (χ0n) is 18.6. The van der Waals surface area contributed by atoms with Gasteiger partial charge in [-0.2, -0.15) is 0 Å². The van der Waals surface area contributed by atoms with E-state index in [4.69, 9.17) is 0 Å². The molecule has 0 aromatic heterocycles. The van der Waals surface area contributed by atoms with Gasteiger partial charge in [0.15, 0.2) is 0 Å². The molecule has 0 saturated heterocycles. The van der Waals surface area contributed by atoms with E-state index in [2.05, 4.69) is 20.1 Å². The number of ether oxygens (including phenoxy) is 2. The third-order valence-corrected chi connectivity index (χ3v) is 3.97. The first-order chi connectivity index (χ1) is 15.3. The molecule has 8 heteroatoms. The van der Waals surface area contributed by atoms with E-state index in [1.54, 1.807) is 6.08 Å². The van der Waals surface area contributed by atoms with Crippen LogP contribution in [0.15, 0.2) is 66.4 Å². The summed E-state index contributed by atoms with van der Waals surface area (Å²) in [5.74, 6) is -1.56. The van der Waals surface area contributed by atoms with Gasteiger partial charge in [0.2, 0.25) is 11.8 Å². The van der Waals surface area contributed by atoms with Crippen LogP contribution in [0.1, 0.15) is 25.0 Å². The fourth-order valence-electron chi connectivity index (χ4n) is 2.59. The van der Waals surface area contributed by atoms with E-state index < -0.39 is 18.0 Å². The molecular formula is C24H28N2O6. The van der Waals surface area contributed by atoms with E-state index in [9.17, 15) is 19.2 Å². The number of esters is 2. The van der Waals surface area contributed by atoms with Gasteiger partial charge < -0.3 is 20.1 Å². The Hall–Kier alpha value is -3.94. The Morgan fingerprint density at radius 2 is 1.41 bits per heavy atom. The van der Waals surface area contributed by atoms with Crippen LogP contribution in [-0.4, -0.2) is 44.0 Å². The summed E-state index contributed by atoms with van der Waals surface area (Å²) in [6.45, 7) is 2.71. The molecule has 0 saturated carbocycles. The highest BCUT2D eigenvalue weighted by Gasteiger charge is 2.20. The second kappa shape index (κ2) is 14.1. The SMILES string of the molecule is COC(=O)/C(=C/c1ccccc1)NC(C)=O.COC(=O)[C@@H](Cc1ccccc1)NC(C)=O. The van der Waals surface area contributed by atoms with Gasteiger partial charge in [0.1, 0.15) is 11.7 Å². The Balaban J connectivity index is 0.000000320. The van der Waals surface area contributed by atoms with Crippen LogP contribution >= 0.6 is 0 Å². The summed E-state index contributed by atoms with van der Waals surface area (Å²) in [5.41, 5.74) is 1.92. The van der Waals surface area contributed by atoms with E-state index >= 15 is 0 Å². The smallest absolute Gasteiger partial charge is 0.354 e. The number of amides is 2. The van der Waals surface area contributed by atoms with E-state index in [0.29, 0.717) is 6.42 Å². The second-order valence-corrected chi connectivity index (χ2v) is 6.61. The average molecular weight is 440 g/mol. The maximum Gasteiger partial charge on any atom is 0.354 e.